The van der Waals surface area contributed by atoms with E-state index >= 15 is 0 Å². The first kappa shape index (κ1) is 12.5. The first-order valence-corrected chi connectivity index (χ1v) is 7.94. The van der Waals surface area contributed by atoms with E-state index in [1.54, 1.807) is 0 Å². The number of nitrogens with zero attached hydrogens (tertiary/aromatic N) is 3. The lowest BCUT2D eigenvalue weighted by molar-refractivity contribution is 0.156. The Kier molecular flexibility index (Phi) is 2.93. The maximum Gasteiger partial charge on any atom is 0.179 e. The molecule has 0 amide bonds. The van der Waals surface area contributed by atoms with Gasteiger partial charge in [-0.15, -0.1) is 0 Å². The number of rotatable bonds is 1. The van der Waals surface area contributed by atoms with Crippen LogP contribution in [0.15, 0.2) is 12.3 Å². The van der Waals surface area contributed by atoms with Crippen LogP contribution in [-0.2, 0) is 0 Å². The summed E-state index contributed by atoms with van der Waals surface area (Å²) in [5.41, 5.74) is 3.27. The predicted octanol–water partition coefficient (Wildman–Crippen LogP) is 3.20. The van der Waals surface area contributed by atoms with Crippen LogP contribution < -0.4 is 0 Å². The minimum absolute atomic E-state index is 0.505. The SMILES string of the molecule is Cc1cnc2c(c1)[nH]c(=S)n2C1CCN2CCCC2C1. The van der Waals surface area contributed by atoms with Gasteiger partial charge in [-0.1, -0.05) is 0 Å². The van der Waals surface area contributed by atoms with E-state index < -0.39 is 0 Å². The quantitative estimate of drug-likeness (QED) is 0.819. The van der Waals surface area contributed by atoms with Gasteiger partial charge in [0.1, 0.15) is 0 Å². The highest BCUT2D eigenvalue weighted by atomic mass is 32.1. The number of hydrogen-bond donors (Lipinski definition) is 1. The minimum atomic E-state index is 0.505. The summed E-state index contributed by atoms with van der Waals surface area (Å²) in [6.07, 6.45) is 7.04. The number of piperidine rings is 1. The third kappa shape index (κ3) is 1.91. The van der Waals surface area contributed by atoms with Crippen LogP contribution in [0.2, 0.25) is 0 Å². The lowest BCUT2D eigenvalue weighted by atomic mass is 9.97. The van der Waals surface area contributed by atoms with Crippen LogP contribution in [0.25, 0.3) is 11.2 Å². The monoisotopic (exact) mass is 288 g/mol. The highest BCUT2D eigenvalue weighted by molar-refractivity contribution is 7.71. The maximum atomic E-state index is 5.55. The summed E-state index contributed by atoms with van der Waals surface area (Å²) in [7, 11) is 0. The highest BCUT2D eigenvalue weighted by Crippen LogP contribution is 2.34. The van der Waals surface area contributed by atoms with Gasteiger partial charge in [0.15, 0.2) is 10.4 Å². The van der Waals surface area contributed by atoms with Crippen LogP contribution in [0.4, 0.5) is 0 Å². The number of nitrogens with one attached hydrogen (secondary N) is 1. The second kappa shape index (κ2) is 4.67. The van der Waals surface area contributed by atoms with Crippen molar-refractivity contribution in [2.24, 2.45) is 0 Å². The van der Waals surface area contributed by atoms with Crippen molar-refractivity contribution < 1.29 is 0 Å². The average molecular weight is 288 g/mol. The van der Waals surface area contributed by atoms with Crippen LogP contribution in [0.1, 0.15) is 37.3 Å². The van der Waals surface area contributed by atoms with E-state index in [0.29, 0.717) is 6.04 Å². The number of aromatic nitrogens is 3. The van der Waals surface area contributed by atoms with Crippen molar-refractivity contribution in [1.82, 2.24) is 19.4 Å². The Hall–Kier alpha value is -1.20. The van der Waals surface area contributed by atoms with Gasteiger partial charge in [-0.05, 0) is 63.0 Å². The Morgan fingerprint density at radius 3 is 3.10 bits per heavy atom. The van der Waals surface area contributed by atoms with E-state index in [1.165, 1.54) is 44.3 Å². The van der Waals surface area contributed by atoms with E-state index in [4.69, 9.17) is 12.2 Å². The summed E-state index contributed by atoms with van der Waals surface area (Å²) in [4.78, 5) is 10.6. The largest absolute Gasteiger partial charge is 0.329 e. The molecular formula is C15H20N4S. The number of imidazole rings is 1. The van der Waals surface area contributed by atoms with Crippen molar-refractivity contribution in [3.8, 4) is 0 Å². The summed E-state index contributed by atoms with van der Waals surface area (Å²) >= 11 is 5.55. The van der Waals surface area contributed by atoms with Crippen molar-refractivity contribution in [1.29, 1.82) is 0 Å². The molecule has 0 aromatic carbocycles. The molecular weight excluding hydrogens is 268 g/mol. The molecule has 4 rings (SSSR count). The van der Waals surface area contributed by atoms with Crippen molar-refractivity contribution in [3.05, 3.63) is 22.6 Å². The molecule has 2 aliphatic heterocycles. The normalized spacial score (nSPS) is 27.1. The molecule has 2 unspecified atom stereocenters. The Balaban J connectivity index is 1.74. The molecule has 0 bridgehead atoms. The molecule has 4 heterocycles. The van der Waals surface area contributed by atoms with Crippen LogP contribution in [0.5, 0.6) is 0 Å². The average Bonchev–Trinajstić information content (AvgIpc) is 3.00. The van der Waals surface area contributed by atoms with Crippen molar-refractivity contribution in [2.75, 3.05) is 13.1 Å². The second-order valence-electron chi connectivity index (χ2n) is 6.19. The number of aromatic amines is 1. The lowest BCUT2D eigenvalue weighted by Gasteiger charge is -2.35. The van der Waals surface area contributed by atoms with Crippen molar-refractivity contribution in [3.63, 3.8) is 0 Å². The Morgan fingerprint density at radius 2 is 2.20 bits per heavy atom. The molecule has 0 aliphatic carbocycles. The number of pyridine rings is 1. The molecule has 2 saturated heterocycles. The second-order valence-corrected chi connectivity index (χ2v) is 6.58. The van der Waals surface area contributed by atoms with Crippen molar-refractivity contribution >= 4 is 23.4 Å². The lowest BCUT2D eigenvalue weighted by Crippen LogP contribution is -2.38. The van der Waals surface area contributed by atoms with Gasteiger partial charge in [0.2, 0.25) is 0 Å². The molecule has 4 nitrogen and oxygen atoms in total. The fraction of sp³-hybridized carbons (Fsp3) is 0.600. The summed E-state index contributed by atoms with van der Waals surface area (Å²) in [5, 5.41) is 0. The van der Waals surface area contributed by atoms with Crippen LogP contribution in [-0.4, -0.2) is 38.6 Å². The zero-order valence-corrected chi connectivity index (χ0v) is 12.6. The van der Waals surface area contributed by atoms with E-state index in [2.05, 4.69) is 32.4 Å². The molecule has 2 aromatic heterocycles. The third-order valence-corrected chi connectivity index (χ3v) is 5.15. The molecule has 2 aliphatic rings. The zero-order valence-electron chi connectivity index (χ0n) is 11.8. The summed E-state index contributed by atoms with van der Waals surface area (Å²) in [6, 6.07) is 3.40. The minimum Gasteiger partial charge on any atom is -0.329 e. The summed E-state index contributed by atoms with van der Waals surface area (Å²) in [6.45, 7) is 4.56. The standard InChI is InChI=1S/C15H20N4S/c1-10-7-13-14(16-9-10)19(15(20)17-13)12-4-6-18-5-2-3-11(18)8-12/h7,9,11-12H,2-6,8H2,1H3,(H,17,20). The topological polar surface area (TPSA) is 36.9 Å². The van der Waals surface area contributed by atoms with Gasteiger partial charge in [0.05, 0.1) is 5.52 Å². The molecule has 0 radical (unpaired) electrons. The fourth-order valence-corrected chi connectivity index (χ4v) is 4.24. The number of fused-ring (bicyclic) bond motifs is 2. The van der Waals surface area contributed by atoms with Crippen LogP contribution in [0, 0.1) is 11.7 Å². The fourth-order valence-electron chi connectivity index (χ4n) is 3.89. The highest BCUT2D eigenvalue weighted by Gasteiger charge is 2.33. The van der Waals surface area contributed by atoms with Gasteiger partial charge < -0.3 is 9.88 Å². The van der Waals surface area contributed by atoms with Gasteiger partial charge in [-0.3, -0.25) is 4.57 Å². The number of H-pyrrole nitrogens is 1. The van der Waals surface area contributed by atoms with E-state index in [0.717, 1.165) is 22.0 Å². The first-order chi connectivity index (χ1) is 9.72. The molecule has 2 atom stereocenters. The summed E-state index contributed by atoms with van der Waals surface area (Å²) < 4.78 is 3.09. The number of aryl methyl sites for hydroxylation is 1. The maximum absolute atomic E-state index is 5.55. The Morgan fingerprint density at radius 1 is 1.30 bits per heavy atom. The van der Waals surface area contributed by atoms with Gasteiger partial charge in [0.25, 0.3) is 0 Å². The summed E-state index contributed by atoms with van der Waals surface area (Å²) in [5.74, 6) is 0. The molecule has 0 saturated carbocycles. The van der Waals surface area contributed by atoms with E-state index in [9.17, 15) is 0 Å². The number of hydrogen-bond acceptors (Lipinski definition) is 3. The Labute approximate surface area is 123 Å². The molecule has 2 fully saturated rings. The van der Waals surface area contributed by atoms with Gasteiger partial charge in [0, 0.05) is 24.8 Å². The molecule has 20 heavy (non-hydrogen) atoms. The third-order valence-electron chi connectivity index (χ3n) is 4.85. The first-order valence-electron chi connectivity index (χ1n) is 7.53. The van der Waals surface area contributed by atoms with Crippen LogP contribution >= 0.6 is 12.2 Å². The molecule has 5 heteroatoms. The van der Waals surface area contributed by atoms with E-state index in [-0.39, 0.29) is 0 Å². The van der Waals surface area contributed by atoms with Gasteiger partial charge in [-0.25, -0.2) is 4.98 Å². The molecule has 1 N–H and O–H groups in total. The van der Waals surface area contributed by atoms with Gasteiger partial charge >= 0.3 is 0 Å². The zero-order chi connectivity index (χ0) is 13.7. The predicted molar refractivity (Wildman–Crippen MR) is 82.5 cm³/mol. The Bertz CT molecular complexity index is 701. The van der Waals surface area contributed by atoms with Crippen molar-refractivity contribution in [2.45, 2.75) is 44.7 Å². The van der Waals surface area contributed by atoms with Crippen LogP contribution in [0.3, 0.4) is 0 Å². The molecule has 0 spiro atoms. The van der Waals surface area contributed by atoms with E-state index in [1.807, 2.05) is 6.20 Å². The van der Waals surface area contributed by atoms with Gasteiger partial charge in [-0.2, -0.15) is 0 Å². The molecule has 106 valence electrons. The molecule has 2 aromatic rings. The smallest absolute Gasteiger partial charge is 0.179 e.